The molecule has 0 amide bonds. The fraction of sp³-hybridized carbons (Fsp3) is 0.500. The topological polar surface area (TPSA) is 59.9 Å². The van der Waals surface area contributed by atoms with Gasteiger partial charge in [0.25, 0.3) is 0 Å². The van der Waals surface area contributed by atoms with Crippen molar-refractivity contribution in [1.29, 1.82) is 0 Å². The van der Waals surface area contributed by atoms with Crippen LogP contribution < -0.4 is 10.4 Å². The Balaban J connectivity index is 1.73. The quantitative estimate of drug-likeness (QED) is 0.656. The first-order valence-corrected chi connectivity index (χ1v) is 8.34. The molecule has 2 aromatic rings. The molecule has 0 saturated carbocycles. The number of aromatic amines is 1. The van der Waals surface area contributed by atoms with Gasteiger partial charge in [-0.15, -0.1) is 5.10 Å². The van der Waals surface area contributed by atoms with Gasteiger partial charge in [-0.1, -0.05) is 44.7 Å². The summed E-state index contributed by atoms with van der Waals surface area (Å²) in [6, 6.07) is 8.27. The van der Waals surface area contributed by atoms with Gasteiger partial charge >= 0.3 is 5.69 Å². The zero-order chi connectivity index (χ0) is 16.2. The smallest absolute Gasteiger partial charge is 0.343 e. The van der Waals surface area contributed by atoms with Gasteiger partial charge in [-0.3, -0.25) is 4.57 Å². The minimum absolute atomic E-state index is 0.161. The Kier molecular flexibility index (Phi) is 5.34. The number of nitrogens with zero attached hydrogens (tertiary/aromatic N) is 2. The van der Waals surface area contributed by atoms with Gasteiger partial charge in [-0.25, -0.2) is 9.89 Å². The van der Waals surface area contributed by atoms with Gasteiger partial charge < -0.3 is 4.74 Å². The Morgan fingerprint density at radius 1 is 1.27 bits per heavy atom. The van der Waals surface area contributed by atoms with Crippen LogP contribution in [0.15, 0.2) is 34.2 Å². The van der Waals surface area contributed by atoms with E-state index in [0.717, 1.165) is 17.9 Å². The van der Waals surface area contributed by atoms with Crippen molar-refractivity contribution in [3.63, 3.8) is 0 Å². The van der Waals surface area contributed by atoms with Crippen molar-refractivity contribution < 1.29 is 4.74 Å². The lowest BCUT2D eigenvalue weighted by atomic mass is 9.87. The highest BCUT2D eigenvalue weighted by Gasteiger charge is 2.12. The van der Waals surface area contributed by atoms with Crippen LogP contribution >= 0.6 is 11.8 Å². The molecule has 6 heteroatoms. The standard InChI is InChI=1S/C16H23N3O2S/c1-16(2,3)12-6-8-13(9-7-12)21-10-5-11-22-15-18-17-14(20)19(15)4/h6-9H,5,10-11H2,1-4H3,(H,17,20). The molecule has 120 valence electrons. The van der Waals surface area contributed by atoms with Crippen molar-refractivity contribution in [1.82, 2.24) is 14.8 Å². The number of rotatable bonds is 6. The van der Waals surface area contributed by atoms with Crippen LogP contribution in [0.1, 0.15) is 32.8 Å². The molecule has 0 aliphatic carbocycles. The Bertz CT molecular complexity index is 653. The Hall–Kier alpha value is -1.69. The molecule has 0 aliphatic heterocycles. The Morgan fingerprint density at radius 2 is 1.95 bits per heavy atom. The molecule has 1 aromatic heterocycles. The van der Waals surface area contributed by atoms with E-state index in [1.807, 2.05) is 12.1 Å². The van der Waals surface area contributed by atoms with Crippen LogP contribution in [-0.2, 0) is 12.5 Å². The average molecular weight is 321 g/mol. The summed E-state index contributed by atoms with van der Waals surface area (Å²) in [4.78, 5) is 11.2. The molecule has 1 N–H and O–H groups in total. The van der Waals surface area contributed by atoms with Crippen molar-refractivity contribution >= 4 is 11.8 Å². The van der Waals surface area contributed by atoms with Gasteiger partial charge in [-0.05, 0) is 29.5 Å². The second-order valence-electron chi connectivity index (χ2n) is 6.20. The minimum Gasteiger partial charge on any atom is -0.494 e. The number of benzene rings is 1. The molecule has 1 aromatic carbocycles. The van der Waals surface area contributed by atoms with E-state index in [1.54, 1.807) is 18.8 Å². The zero-order valence-corrected chi connectivity index (χ0v) is 14.4. The van der Waals surface area contributed by atoms with Gasteiger partial charge in [0.1, 0.15) is 5.75 Å². The number of nitrogens with one attached hydrogen (secondary N) is 1. The molecule has 0 unspecified atom stereocenters. The van der Waals surface area contributed by atoms with Crippen LogP contribution in [0, 0.1) is 0 Å². The summed E-state index contributed by atoms with van der Waals surface area (Å²) in [5.41, 5.74) is 1.28. The summed E-state index contributed by atoms with van der Waals surface area (Å²) in [5.74, 6) is 1.75. The van der Waals surface area contributed by atoms with E-state index in [0.29, 0.717) is 11.8 Å². The van der Waals surface area contributed by atoms with Gasteiger partial charge in [0, 0.05) is 12.8 Å². The summed E-state index contributed by atoms with van der Waals surface area (Å²) in [5, 5.41) is 7.09. The first-order chi connectivity index (χ1) is 10.4. The zero-order valence-electron chi connectivity index (χ0n) is 13.5. The molecule has 0 radical (unpaired) electrons. The molecule has 1 heterocycles. The fourth-order valence-corrected chi connectivity index (χ4v) is 2.76. The number of H-pyrrole nitrogens is 1. The summed E-state index contributed by atoms with van der Waals surface area (Å²) < 4.78 is 7.25. The molecule has 22 heavy (non-hydrogen) atoms. The summed E-state index contributed by atoms with van der Waals surface area (Å²) in [6.45, 7) is 7.24. The molecule has 0 spiro atoms. The monoisotopic (exact) mass is 321 g/mol. The fourth-order valence-electron chi connectivity index (χ4n) is 1.93. The predicted octanol–water partition coefficient (Wildman–Crippen LogP) is 2.97. The molecule has 2 rings (SSSR count). The number of aromatic nitrogens is 3. The van der Waals surface area contributed by atoms with Gasteiger partial charge in [0.15, 0.2) is 5.16 Å². The summed E-state index contributed by atoms with van der Waals surface area (Å²) >= 11 is 1.55. The predicted molar refractivity (Wildman–Crippen MR) is 89.8 cm³/mol. The third-order valence-electron chi connectivity index (χ3n) is 3.35. The van der Waals surface area contributed by atoms with Crippen LogP contribution in [0.5, 0.6) is 5.75 Å². The normalized spacial score (nSPS) is 11.6. The van der Waals surface area contributed by atoms with E-state index in [2.05, 4.69) is 43.1 Å². The maximum absolute atomic E-state index is 11.2. The Labute approximate surface area is 135 Å². The van der Waals surface area contributed by atoms with Gasteiger partial charge in [0.2, 0.25) is 0 Å². The van der Waals surface area contributed by atoms with E-state index in [-0.39, 0.29) is 11.1 Å². The van der Waals surface area contributed by atoms with Crippen LogP contribution in [0.4, 0.5) is 0 Å². The van der Waals surface area contributed by atoms with Crippen molar-refractivity contribution in [3.05, 3.63) is 40.3 Å². The third-order valence-corrected chi connectivity index (χ3v) is 4.46. The van der Waals surface area contributed by atoms with Crippen molar-refractivity contribution in [2.75, 3.05) is 12.4 Å². The van der Waals surface area contributed by atoms with Gasteiger partial charge in [-0.2, -0.15) is 0 Å². The molecular weight excluding hydrogens is 298 g/mol. The summed E-state index contributed by atoms with van der Waals surface area (Å²) in [7, 11) is 1.71. The molecule has 0 saturated heterocycles. The number of ether oxygens (including phenoxy) is 1. The third kappa shape index (κ3) is 4.40. The molecular formula is C16H23N3O2S. The van der Waals surface area contributed by atoms with Crippen molar-refractivity contribution in [2.45, 2.75) is 37.8 Å². The SMILES string of the molecule is Cn1c(SCCCOc2ccc(C(C)(C)C)cc2)n[nH]c1=O. The molecule has 0 atom stereocenters. The minimum atomic E-state index is -0.183. The first kappa shape index (κ1) is 16.7. The van der Waals surface area contributed by atoms with E-state index >= 15 is 0 Å². The maximum Gasteiger partial charge on any atom is 0.343 e. The Morgan fingerprint density at radius 3 is 2.50 bits per heavy atom. The average Bonchev–Trinajstić information content (AvgIpc) is 2.78. The van der Waals surface area contributed by atoms with E-state index in [1.165, 1.54) is 10.1 Å². The largest absolute Gasteiger partial charge is 0.494 e. The van der Waals surface area contributed by atoms with Gasteiger partial charge in [0.05, 0.1) is 6.61 Å². The second-order valence-corrected chi connectivity index (χ2v) is 7.26. The van der Waals surface area contributed by atoms with Crippen LogP contribution in [-0.4, -0.2) is 27.1 Å². The molecule has 0 aliphatic rings. The molecule has 0 fully saturated rings. The summed E-state index contributed by atoms with van der Waals surface area (Å²) in [6.07, 6.45) is 0.896. The number of thioether (sulfide) groups is 1. The van der Waals surface area contributed by atoms with E-state index in [4.69, 9.17) is 4.74 Å². The number of hydrogen-bond donors (Lipinski definition) is 1. The van der Waals surface area contributed by atoms with Crippen LogP contribution in [0.25, 0.3) is 0 Å². The highest BCUT2D eigenvalue weighted by molar-refractivity contribution is 7.99. The van der Waals surface area contributed by atoms with Crippen LogP contribution in [0.3, 0.4) is 0 Å². The van der Waals surface area contributed by atoms with E-state index < -0.39 is 0 Å². The highest BCUT2D eigenvalue weighted by Crippen LogP contribution is 2.24. The lowest BCUT2D eigenvalue weighted by Crippen LogP contribution is -2.13. The maximum atomic E-state index is 11.2. The van der Waals surface area contributed by atoms with Crippen LogP contribution in [0.2, 0.25) is 0 Å². The van der Waals surface area contributed by atoms with Crippen molar-refractivity contribution in [2.24, 2.45) is 7.05 Å². The van der Waals surface area contributed by atoms with E-state index in [9.17, 15) is 4.79 Å². The lowest BCUT2D eigenvalue weighted by molar-refractivity contribution is 0.318. The molecule has 0 bridgehead atoms. The number of hydrogen-bond acceptors (Lipinski definition) is 4. The van der Waals surface area contributed by atoms with Crippen molar-refractivity contribution in [3.8, 4) is 5.75 Å². The lowest BCUT2D eigenvalue weighted by Gasteiger charge is -2.19. The first-order valence-electron chi connectivity index (χ1n) is 7.35. The second kappa shape index (κ2) is 7.05. The highest BCUT2D eigenvalue weighted by atomic mass is 32.2. The molecule has 5 nitrogen and oxygen atoms in total.